The molecule has 96 valence electrons. The van der Waals surface area contributed by atoms with Gasteiger partial charge in [-0.1, -0.05) is 6.07 Å². The number of halogens is 2. The van der Waals surface area contributed by atoms with Crippen LogP contribution in [0.1, 0.15) is 22.0 Å². The van der Waals surface area contributed by atoms with E-state index in [4.69, 9.17) is 5.84 Å². The lowest BCUT2D eigenvalue weighted by atomic mass is 10.00. The fourth-order valence-electron chi connectivity index (χ4n) is 1.92. The van der Waals surface area contributed by atoms with Crippen molar-refractivity contribution in [2.45, 2.75) is 19.4 Å². The Kier molecular flexibility index (Phi) is 4.06. The Morgan fingerprint density at radius 2 is 2.11 bits per heavy atom. The third kappa shape index (κ3) is 2.75. The van der Waals surface area contributed by atoms with Crippen molar-refractivity contribution in [1.82, 2.24) is 5.43 Å². The predicted octanol–water partition coefficient (Wildman–Crippen LogP) is 3.08. The molecule has 0 spiro atoms. The standard InChI is InChI=1S/C13H14F2N2S/c1-8-11(4-5-18-8)13(17-16)6-9-2-3-10(14)7-12(9)15/h2-5,7,13,17H,6,16H2,1H3. The molecule has 0 bridgehead atoms. The summed E-state index contributed by atoms with van der Waals surface area (Å²) in [5, 5.41) is 1.97. The summed E-state index contributed by atoms with van der Waals surface area (Å²) < 4.78 is 26.4. The molecule has 2 aromatic rings. The van der Waals surface area contributed by atoms with Crippen molar-refractivity contribution in [3.63, 3.8) is 0 Å². The van der Waals surface area contributed by atoms with Crippen molar-refractivity contribution in [3.8, 4) is 0 Å². The van der Waals surface area contributed by atoms with Crippen molar-refractivity contribution >= 4 is 11.3 Å². The summed E-state index contributed by atoms with van der Waals surface area (Å²) in [4.78, 5) is 1.14. The SMILES string of the molecule is Cc1sccc1C(Cc1ccc(F)cc1F)NN. The molecule has 0 saturated heterocycles. The van der Waals surface area contributed by atoms with Gasteiger partial charge in [-0.25, -0.2) is 8.78 Å². The molecule has 0 saturated carbocycles. The van der Waals surface area contributed by atoms with Crippen LogP contribution >= 0.6 is 11.3 Å². The van der Waals surface area contributed by atoms with E-state index >= 15 is 0 Å². The zero-order valence-corrected chi connectivity index (χ0v) is 10.7. The first-order chi connectivity index (χ1) is 8.61. The highest BCUT2D eigenvalue weighted by Crippen LogP contribution is 2.26. The average molecular weight is 268 g/mol. The predicted molar refractivity (Wildman–Crippen MR) is 69.2 cm³/mol. The monoisotopic (exact) mass is 268 g/mol. The molecule has 0 amide bonds. The maximum atomic E-state index is 13.6. The normalized spacial score (nSPS) is 12.7. The summed E-state index contributed by atoms with van der Waals surface area (Å²) in [6.07, 6.45) is 0.389. The van der Waals surface area contributed by atoms with E-state index in [2.05, 4.69) is 5.43 Å². The minimum Gasteiger partial charge on any atom is -0.271 e. The molecule has 18 heavy (non-hydrogen) atoms. The van der Waals surface area contributed by atoms with Gasteiger partial charge < -0.3 is 0 Å². The summed E-state index contributed by atoms with van der Waals surface area (Å²) >= 11 is 1.62. The molecule has 1 heterocycles. The van der Waals surface area contributed by atoms with Crippen LogP contribution in [0, 0.1) is 18.6 Å². The number of thiophene rings is 1. The zero-order valence-electron chi connectivity index (χ0n) is 9.91. The number of rotatable bonds is 4. The van der Waals surface area contributed by atoms with E-state index in [0.717, 1.165) is 16.5 Å². The molecule has 3 N–H and O–H groups in total. The molecule has 1 atom stereocenters. The molecule has 1 aromatic carbocycles. The van der Waals surface area contributed by atoms with Crippen LogP contribution in [0.2, 0.25) is 0 Å². The fraction of sp³-hybridized carbons (Fsp3) is 0.231. The van der Waals surface area contributed by atoms with Crippen molar-refractivity contribution in [1.29, 1.82) is 0 Å². The topological polar surface area (TPSA) is 38.0 Å². The Balaban J connectivity index is 2.23. The van der Waals surface area contributed by atoms with Gasteiger partial charge in [0.2, 0.25) is 0 Å². The van der Waals surface area contributed by atoms with Gasteiger partial charge in [-0.05, 0) is 42.0 Å². The molecule has 5 heteroatoms. The van der Waals surface area contributed by atoms with Crippen molar-refractivity contribution in [3.05, 3.63) is 57.3 Å². The van der Waals surface area contributed by atoms with Crippen molar-refractivity contribution < 1.29 is 8.78 Å². The maximum Gasteiger partial charge on any atom is 0.129 e. The van der Waals surface area contributed by atoms with Crippen LogP contribution < -0.4 is 11.3 Å². The second kappa shape index (κ2) is 5.56. The third-order valence-electron chi connectivity index (χ3n) is 2.91. The van der Waals surface area contributed by atoms with Crippen LogP contribution in [0.25, 0.3) is 0 Å². The number of hydrogen-bond acceptors (Lipinski definition) is 3. The number of nitrogens with two attached hydrogens (primary N) is 1. The number of aryl methyl sites for hydroxylation is 1. The van der Waals surface area contributed by atoms with E-state index < -0.39 is 11.6 Å². The van der Waals surface area contributed by atoms with Crippen LogP contribution in [-0.4, -0.2) is 0 Å². The second-order valence-corrected chi connectivity index (χ2v) is 5.21. The molecule has 2 rings (SSSR count). The fourth-order valence-corrected chi connectivity index (χ4v) is 2.69. The smallest absolute Gasteiger partial charge is 0.129 e. The summed E-state index contributed by atoms with van der Waals surface area (Å²) in [6, 6.07) is 5.40. The number of nitrogens with one attached hydrogen (secondary N) is 1. The quantitative estimate of drug-likeness (QED) is 0.660. The molecule has 0 aliphatic carbocycles. The van der Waals surface area contributed by atoms with E-state index in [1.54, 1.807) is 11.3 Å². The molecule has 0 aliphatic heterocycles. The lowest BCUT2D eigenvalue weighted by molar-refractivity contribution is 0.521. The highest BCUT2D eigenvalue weighted by atomic mass is 32.1. The molecular weight excluding hydrogens is 254 g/mol. The van der Waals surface area contributed by atoms with E-state index in [9.17, 15) is 8.78 Å². The first kappa shape index (κ1) is 13.1. The highest BCUT2D eigenvalue weighted by Gasteiger charge is 2.16. The van der Waals surface area contributed by atoms with Crippen LogP contribution in [-0.2, 0) is 6.42 Å². The second-order valence-electron chi connectivity index (χ2n) is 4.09. The van der Waals surface area contributed by atoms with Gasteiger partial charge in [0.15, 0.2) is 0 Å². The summed E-state index contributed by atoms with van der Waals surface area (Å²) in [7, 11) is 0. The Bertz CT molecular complexity index is 540. The molecule has 1 unspecified atom stereocenters. The van der Waals surface area contributed by atoms with Crippen LogP contribution in [0.15, 0.2) is 29.6 Å². The first-order valence-corrected chi connectivity index (χ1v) is 6.44. The third-order valence-corrected chi connectivity index (χ3v) is 3.78. The first-order valence-electron chi connectivity index (χ1n) is 5.56. The molecule has 0 aliphatic rings. The summed E-state index contributed by atoms with van der Waals surface area (Å²) in [5.41, 5.74) is 4.18. The van der Waals surface area contributed by atoms with Crippen LogP contribution in [0.3, 0.4) is 0 Å². The van der Waals surface area contributed by atoms with Gasteiger partial charge in [-0.3, -0.25) is 11.3 Å². The van der Waals surface area contributed by atoms with Crippen LogP contribution in [0.5, 0.6) is 0 Å². The van der Waals surface area contributed by atoms with Gasteiger partial charge >= 0.3 is 0 Å². The Labute approximate surface area is 108 Å². The number of benzene rings is 1. The molecule has 0 radical (unpaired) electrons. The number of hydrogen-bond donors (Lipinski definition) is 2. The van der Waals surface area contributed by atoms with Gasteiger partial charge in [0.05, 0.1) is 6.04 Å². The molecule has 2 nitrogen and oxygen atoms in total. The lowest BCUT2D eigenvalue weighted by Crippen LogP contribution is -2.30. The number of hydrazine groups is 1. The Morgan fingerprint density at radius 1 is 1.33 bits per heavy atom. The molecule has 0 fully saturated rings. The molecule has 1 aromatic heterocycles. The summed E-state index contributed by atoms with van der Waals surface area (Å²) in [5.74, 6) is 4.41. The van der Waals surface area contributed by atoms with Gasteiger partial charge in [-0.15, -0.1) is 11.3 Å². The maximum absolute atomic E-state index is 13.6. The van der Waals surface area contributed by atoms with Crippen molar-refractivity contribution in [2.24, 2.45) is 5.84 Å². The van der Waals surface area contributed by atoms with E-state index in [-0.39, 0.29) is 6.04 Å². The lowest BCUT2D eigenvalue weighted by Gasteiger charge is -2.16. The molecular formula is C13H14F2N2S. The van der Waals surface area contributed by atoms with Gasteiger partial charge in [-0.2, -0.15) is 0 Å². The van der Waals surface area contributed by atoms with Crippen molar-refractivity contribution in [2.75, 3.05) is 0 Å². The van der Waals surface area contributed by atoms with Crippen LogP contribution in [0.4, 0.5) is 8.78 Å². The largest absolute Gasteiger partial charge is 0.271 e. The van der Waals surface area contributed by atoms with E-state index in [1.807, 2.05) is 18.4 Å². The van der Waals surface area contributed by atoms with Gasteiger partial charge in [0.25, 0.3) is 0 Å². The average Bonchev–Trinajstić information content (AvgIpc) is 2.75. The minimum atomic E-state index is -0.569. The van der Waals surface area contributed by atoms with E-state index in [1.165, 1.54) is 12.1 Å². The van der Waals surface area contributed by atoms with Gasteiger partial charge in [0, 0.05) is 10.9 Å². The minimum absolute atomic E-state index is 0.170. The van der Waals surface area contributed by atoms with Gasteiger partial charge in [0.1, 0.15) is 11.6 Å². The Hall–Kier alpha value is -1.30. The van der Waals surface area contributed by atoms with E-state index in [0.29, 0.717) is 12.0 Å². The summed E-state index contributed by atoms with van der Waals surface area (Å²) in [6.45, 7) is 1.99. The highest BCUT2D eigenvalue weighted by molar-refractivity contribution is 7.10. The Morgan fingerprint density at radius 3 is 2.67 bits per heavy atom. The zero-order chi connectivity index (χ0) is 13.1.